The maximum atomic E-state index is 11.8. The molecule has 2 heterocycles. The van der Waals surface area contributed by atoms with Crippen LogP contribution in [0.5, 0.6) is 0 Å². The third-order valence-corrected chi connectivity index (χ3v) is 3.98. The molecule has 0 aromatic carbocycles. The third kappa shape index (κ3) is 4.53. The highest BCUT2D eigenvalue weighted by Gasteiger charge is 2.06. The van der Waals surface area contributed by atoms with Crippen molar-refractivity contribution in [1.29, 1.82) is 0 Å². The van der Waals surface area contributed by atoms with Crippen molar-refractivity contribution in [2.45, 2.75) is 33.2 Å². The van der Waals surface area contributed by atoms with E-state index in [4.69, 9.17) is 0 Å². The van der Waals surface area contributed by atoms with Crippen molar-refractivity contribution in [2.75, 3.05) is 6.54 Å². The highest BCUT2D eigenvalue weighted by molar-refractivity contribution is 7.09. The molecule has 0 fully saturated rings. The first-order valence-electron chi connectivity index (χ1n) is 6.90. The summed E-state index contributed by atoms with van der Waals surface area (Å²) in [6.07, 6.45) is 1.04. The van der Waals surface area contributed by atoms with Crippen LogP contribution in [0, 0.1) is 13.8 Å². The van der Waals surface area contributed by atoms with Gasteiger partial charge in [0.05, 0.1) is 17.1 Å². The second-order valence-corrected chi connectivity index (χ2v) is 5.96. The fraction of sp³-hybridized carbons (Fsp3) is 0.400. The SMILES string of the molecule is Cc1nc(CC(=O)NCCCn2c(C)cccc2=O)cs1. The summed E-state index contributed by atoms with van der Waals surface area (Å²) in [5, 5.41) is 5.73. The van der Waals surface area contributed by atoms with Crippen molar-refractivity contribution >= 4 is 17.2 Å². The molecule has 0 radical (unpaired) electrons. The zero-order valence-corrected chi connectivity index (χ0v) is 13.1. The number of nitrogens with one attached hydrogen (secondary N) is 1. The molecule has 0 atom stereocenters. The molecule has 1 amide bonds. The summed E-state index contributed by atoms with van der Waals surface area (Å²) in [5.74, 6) is -0.0302. The Morgan fingerprint density at radius 2 is 2.19 bits per heavy atom. The fourth-order valence-corrected chi connectivity index (χ4v) is 2.70. The topological polar surface area (TPSA) is 64.0 Å². The molecule has 2 aromatic rings. The van der Waals surface area contributed by atoms with Gasteiger partial charge < -0.3 is 9.88 Å². The minimum absolute atomic E-state index is 0.000671. The van der Waals surface area contributed by atoms with Gasteiger partial charge in [0.25, 0.3) is 5.56 Å². The van der Waals surface area contributed by atoms with Crippen LogP contribution in [0.25, 0.3) is 0 Å². The molecule has 0 spiro atoms. The minimum atomic E-state index is -0.0302. The van der Waals surface area contributed by atoms with Crippen LogP contribution in [0.15, 0.2) is 28.4 Å². The molecule has 1 N–H and O–H groups in total. The van der Waals surface area contributed by atoms with Crippen molar-refractivity contribution in [3.63, 3.8) is 0 Å². The largest absolute Gasteiger partial charge is 0.356 e. The lowest BCUT2D eigenvalue weighted by atomic mass is 10.3. The van der Waals surface area contributed by atoms with Gasteiger partial charge in [-0.25, -0.2) is 4.98 Å². The monoisotopic (exact) mass is 305 g/mol. The van der Waals surface area contributed by atoms with Gasteiger partial charge in [-0.05, 0) is 26.3 Å². The lowest BCUT2D eigenvalue weighted by Gasteiger charge is -2.09. The van der Waals surface area contributed by atoms with E-state index in [0.717, 1.165) is 22.8 Å². The number of hydrogen-bond acceptors (Lipinski definition) is 4. The second-order valence-electron chi connectivity index (χ2n) is 4.90. The van der Waals surface area contributed by atoms with Gasteiger partial charge in [-0.15, -0.1) is 11.3 Å². The van der Waals surface area contributed by atoms with E-state index in [9.17, 15) is 9.59 Å². The Bertz CT molecular complexity index is 676. The van der Waals surface area contributed by atoms with Crippen LogP contribution in [-0.4, -0.2) is 22.0 Å². The summed E-state index contributed by atoms with van der Waals surface area (Å²) >= 11 is 1.55. The van der Waals surface area contributed by atoms with Gasteiger partial charge in [0.1, 0.15) is 0 Å². The highest BCUT2D eigenvalue weighted by Crippen LogP contribution is 2.08. The Kier molecular flexibility index (Phi) is 5.27. The number of carbonyl (C=O) groups excluding carboxylic acids is 1. The minimum Gasteiger partial charge on any atom is -0.356 e. The van der Waals surface area contributed by atoms with Gasteiger partial charge in [0.2, 0.25) is 5.91 Å². The molecule has 0 aliphatic rings. The zero-order chi connectivity index (χ0) is 15.2. The van der Waals surface area contributed by atoms with Gasteiger partial charge >= 0.3 is 0 Å². The first-order valence-corrected chi connectivity index (χ1v) is 7.78. The predicted molar refractivity (Wildman–Crippen MR) is 83.6 cm³/mol. The number of nitrogens with zero attached hydrogens (tertiary/aromatic N) is 2. The molecule has 0 unspecified atom stereocenters. The van der Waals surface area contributed by atoms with E-state index in [1.54, 1.807) is 28.0 Å². The Morgan fingerprint density at radius 1 is 1.38 bits per heavy atom. The normalized spacial score (nSPS) is 10.6. The Balaban J connectivity index is 1.74. The lowest BCUT2D eigenvalue weighted by Crippen LogP contribution is -2.28. The molecule has 6 heteroatoms. The summed E-state index contributed by atoms with van der Waals surface area (Å²) in [7, 11) is 0. The Labute approximate surface area is 127 Å². The standard InChI is InChI=1S/C15H19N3O2S/c1-11-5-3-6-15(20)18(11)8-4-7-16-14(19)9-13-10-21-12(2)17-13/h3,5-6,10H,4,7-9H2,1-2H3,(H,16,19). The predicted octanol–water partition coefficient (Wildman–Crippen LogP) is 1.67. The first-order chi connectivity index (χ1) is 10.1. The summed E-state index contributed by atoms with van der Waals surface area (Å²) in [6, 6.07) is 5.21. The molecule has 0 saturated heterocycles. The smallest absolute Gasteiger partial charge is 0.250 e. The van der Waals surface area contributed by atoms with Crippen LogP contribution in [0.1, 0.15) is 22.8 Å². The van der Waals surface area contributed by atoms with Gasteiger partial charge in [0.15, 0.2) is 0 Å². The fourth-order valence-electron chi connectivity index (χ4n) is 2.09. The maximum absolute atomic E-state index is 11.8. The lowest BCUT2D eigenvalue weighted by molar-refractivity contribution is -0.120. The molecule has 0 aliphatic heterocycles. The van der Waals surface area contributed by atoms with Crippen LogP contribution in [0.2, 0.25) is 0 Å². The van der Waals surface area contributed by atoms with E-state index in [0.29, 0.717) is 19.5 Å². The quantitative estimate of drug-likeness (QED) is 0.826. The van der Waals surface area contributed by atoms with Gasteiger partial charge in [-0.1, -0.05) is 6.07 Å². The average molecular weight is 305 g/mol. The average Bonchev–Trinajstić information content (AvgIpc) is 2.82. The molecule has 21 heavy (non-hydrogen) atoms. The number of aryl methyl sites for hydroxylation is 2. The van der Waals surface area contributed by atoms with Crippen LogP contribution >= 0.6 is 11.3 Å². The number of thiazole rings is 1. The zero-order valence-electron chi connectivity index (χ0n) is 12.3. The van der Waals surface area contributed by atoms with Crippen molar-refractivity contribution in [3.05, 3.63) is 50.3 Å². The summed E-state index contributed by atoms with van der Waals surface area (Å²) in [4.78, 5) is 27.7. The number of aromatic nitrogens is 2. The summed E-state index contributed by atoms with van der Waals surface area (Å²) in [5.41, 5.74) is 1.75. The van der Waals surface area contributed by atoms with Crippen molar-refractivity contribution in [1.82, 2.24) is 14.9 Å². The van der Waals surface area contributed by atoms with Gasteiger partial charge in [0, 0.05) is 30.2 Å². The Hall–Kier alpha value is -1.95. The van der Waals surface area contributed by atoms with Crippen molar-refractivity contribution in [2.24, 2.45) is 0 Å². The number of carbonyl (C=O) groups is 1. The molecule has 2 aromatic heterocycles. The van der Waals surface area contributed by atoms with E-state index < -0.39 is 0 Å². The number of pyridine rings is 1. The van der Waals surface area contributed by atoms with Crippen LogP contribution in [0.4, 0.5) is 0 Å². The highest BCUT2D eigenvalue weighted by atomic mass is 32.1. The summed E-state index contributed by atoms with van der Waals surface area (Å²) < 4.78 is 1.72. The molecule has 2 rings (SSSR count). The molecule has 0 saturated carbocycles. The third-order valence-electron chi connectivity index (χ3n) is 3.16. The van der Waals surface area contributed by atoms with E-state index in [2.05, 4.69) is 10.3 Å². The van der Waals surface area contributed by atoms with E-state index >= 15 is 0 Å². The van der Waals surface area contributed by atoms with E-state index in [-0.39, 0.29) is 11.5 Å². The van der Waals surface area contributed by atoms with Crippen LogP contribution in [-0.2, 0) is 17.8 Å². The number of rotatable bonds is 6. The van der Waals surface area contributed by atoms with Gasteiger partial charge in [-0.3, -0.25) is 9.59 Å². The van der Waals surface area contributed by atoms with E-state index in [1.807, 2.05) is 25.3 Å². The maximum Gasteiger partial charge on any atom is 0.250 e. The van der Waals surface area contributed by atoms with Crippen molar-refractivity contribution in [3.8, 4) is 0 Å². The van der Waals surface area contributed by atoms with Gasteiger partial charge in [-0.2, -0.15) is 0 Å². The molecular weight excluding hydrogens is 286 g/mol. The number of amides is 1. The second kappa shape index (κ2) is 7.17. The molecule has 0 aliphatic carbocycles. The molecular formula is C15H19N3O2S. The number of hydrogen-bond donors (Lipinski definition) is 1. The molecule has 0 bridgehead atoms. The molecule has 112 valence electrons. The Morgan fingerprint density at radius 3 is 2.86 bits per heavy atom. The first kappa shape index (κ1) is 15.4. The van der Waals surface area contributed by atoms with Crippen LogP contribution < -0.4 is 10.9 Å². The van der Waals surface area contributed by atoms with Crippen LogP contribution in [0.3, 0.4) is 0 Å². The van der Waals surface area contributed by atoms with Crippen molar-refractivity contribution < 1.29 is 4.79 Å². The van der Waals surface area contributed by atoms with E-state index in [1.165, 1.54) is 0 Å². The summed E-state index contributed by atoms with van der Waals surface area (Å²) in [6.45, 7) is 5.00. The molecule has 5 nitrogen and oxygen atoms in total.